The molecule has 0 saturated heterocycles. The van der Waals surface area contributed by atoms with E-state index in [0.29, 0.717) is 17.0 Å². The molecular formula is C16H14O3. The Bertz CT molecular complexity index is 656. The van der Waals surface area contributed by atoms with Gasteiger partial charge in [0.2, 0.25) is 0 Å². The Hall–Kier alpha value is -1.90. The van der Waals surface area contributed by atoms with Crippen molar-refractivity contribution in [3.63, 3.8) is 0 Å². The first-order chi connectivity index (χ1) is 9.12. The van der Waals surface area contributed by atoms with Gasteiger partial charge in [-0.2, -0.15) is 0 Å². The summed E-state index contributed by atoms with van der Waals surface area (Å²) >= 11 is 0. The zero-order valence-electron chi connectivity index (χ0n) is 10.7. The van der Waals surface area contributed by atoms with Gasteiger partial charge in [0.1, 0.15) is 0 Å². The van der Waals surface area contributed by atoms with Gasteiger partial charge in [-0.15, -0.1) is 0 Å². The summed E-state index contributed by atoms with van der Waals surface area (Å²) in [6.45, 7) is 2.14. The fourth-order valence-corrected chi connectivity index (χ4v) is 4.09. The monoisotopic (exact) mass is 254 g/mol. The third-order valence-electron chi connectivity index (χ3n) is 4.98. The number of ether oxygens (including phenoxy) is 1. The average Bonchev–Trinajstić information content (AvgIpc) is 3.03. The summed E-state index contributed by atoms with van der Waals surface area (Å²) in [7, 11) is 0. The van der Waals surface area contributed by atoms with Crippen LogP contribution in [-0.2, 0) is 10.2 Å². The molecule has 1 aliphatic heterocycles. The van der Waals surface area contributed by atoms with E-state index in [1.54, 1.807) is 6.07 Å². The van der Waals surface area contributed by atoms with Crippen molar-refractivity contribution in [2.75, 3.05) is 0 Å². The summed E-state index contributed by atoms with van der Waals surface area (Å²) < 4.78 is 4.77. The van der Waals surface area contributed by atoms with Gasteiger partial charge in [0, 0.05) is 5.41 Å². The number of benzene rings is 1. The van der Waals surface area contributed by atoms with Crippen LogP contribution in [0.1, 0.15) is 52.5 Å². The van der Waals surface area contributed by atoms with Crippen molar-refractivity contribution in [1.29, 1.82) is 0 Å². The maximum absolute atomic E-state index is 12.0. The first-order valence-electron chi connectivity index (χ1n) is 6.71. The van der Waals surface area contributed by atoms with Crippen LogP contribution in [0, 0.1) is 5.92 Å². The van der Waals surface area contributed by atoms with E-state index in [0.717, 1.165) is 18.4 Å². The summed E-state index contributed by atoms with van der Waals surface area (Å²) in [4.78, 5) is 23.6. The minimum atomic E-state index is -0.507. The van der Waals surface area contributed by atoms with E-state index >= 15 is 0 Å². The summed E-state index contributed by atoms with van der Waals surface area (Å²) in [5.74, 6) is -0.357. The van der Waals surface area contributed by atoms with E-state index in [4.69, 9.17) is 4.74 Å². The number of cyclic esters (lactones) is 2. The first kappa shape index (κ1) is 11.0. The molecule has 96 valence electrons. The Morgan fingerprint density at radius 1 is 1.26 bits per heavy atom. The third-order valence-corrected chi connectivity index (χ3v) is 4.98. The molecule has 3 heteroatoms. The number of fused-ring (bicyclic) bond motifs is 3. The molecule has 0 amide bonds. The Morgan fingerprint density at radius 3 is 2.79 bits per heavy atom. The van der Waals surface area contributed by atoms with Crippen LogP contribution in [-0.4, -0.2) is 11.9 Å². The van der Waals surface area contributed by atoms with Crippen molar-refractivity contribution in [3.8, 4) is 0 Å². The van der Waals surface area contributed by atoms with Gasteiger partial charge in [-0.05, 0) is 43.7 Å². The SMILES string of the molecule is CC1=CC2CCC1(c1cccc3c1C(=O)OC3=O)C2. The van der Waals surface area contributed by atoms with Crippen molar-refractivity contribution in [2.24, 2.45) is 5.92 Å². The van der Waals surface area contributed by atoms with Crippen LogP contribution in [0.2, 0.25) is 0 Å². The first-order valence-corrected chi connectivity index (χ1v) is 6.71. The normalized spacial score (nSPS) is 31.4. The molecule has 1 aromatic rings. The zero-order chi connectivity index (χ0) is 13.2. The van der Waals surface area contributed by atoms with Gasteiger partial charge >= 0.3 is 11.9 Å². The van der Waals surface area contributed by atoms with Crippen LogP contribution >= 0.6 is 0 Å². The minimum Gasteiger partial charge on any atom is -0.386 e. The molecule has 2 bridgehead atoms. The maximum atomic E-state index is 12.0. The van der Waals surface area contributed by atoms with Crippen LogP contribution in [0.3, 0.4) is 0 Å². The predicted octanol–water partition coefficient (Wildman–Crippen LogP) is 3.00. The zero-order valence-corrected chi connectivity index (χ0v) is 10.7. The van der Waals surface area contributed by atoms with Crippen LogP contribution in [0.15, 0.2) is 29.8 Å². The van der Waals surface area contributed by atoms with E-state index < -0.39 is 11.9 Å². The van der Waals surface area contributed by atoms with Gasteiger partial charge in [0.15, 0.2) is 0 Å². The lowest BCUT2D eigenvalue weighted by atomic mass is 9.72. The second-order valence-corrected chi connectivity index (χ2v) is 5.84. The quantitative estimate of drug-likeness (QED) is 0.439. The van der Waals surface area contributed by atoms with E-state index in [1.165, 1.54) is 12.0 Å². The van der Waals surface area contributed by atoms with Gasteiger partial charge < -0.3 is 4.74 Å². The molecule has 1 aromatic carbocycles. The number of hydrogen-bond donors (Lipinski definition) is 0. The molecule has 19 heavy (non-hydrogen) atoms. The van der Waals surface area contributed by atoms with Gasteiger partial charge in [0.05, 0.1) is 11.1 Å². The van der Waals surface area contributed by atoms with Crippen molar-refractivity contribution < 1.29 is 14.3 Å². The molecule has 1 fully saturated rings. The molecule has 1 saturated carbocycles. The summed E-state index contributed by atoms with van der Waals surface area (Å²) in [6, 6.07) is 5.54. The Kier molecular flexibility index (Phi) is 1.93. The largest absolute Gasteiger partial charge is 0.386 e. The van der Waals surface area contributed by atoms with Crippen LogP contribution in [0.5, 0.6) is 0 Å². The van der Waals surface area contributed by atoms with Gasteiger partial charge in [0.25, 0.3) is 0 Å². The highest BCUT2D eigenvalue weighted by Gasteiger charge is 2.49. The number of carbonyl (C=O) groups excluding carboxylic acids is 2. The van der Waals surface area contributed by atoms with Crippen molar-refractivity contribution in [1.82, 2.24) is 0 Å². The topological polar surface area (TPSA) is 43.4 Å². The molecule has 0 aromatic heterocycles. The molecule has 0 N–H and O–H groups in total. The van der Waals surface area contributed by atoms with Crippen molar-refractivity contribution in [2.45, 2.75) is 31.6 Å². The molecule has 2 unspecified atom stereocenters. The Balaban J connectivity index is 1.97. The molecule has 1 heterocycles. The lowest BCUT2D eigenvalue weighted by Gasteiger charge is -2.30. The predicted molar refractivity (Wildman–Crippen MR) is 69.0 cm³/mol. The number of carbonyl (C=O) groups is 2. The van der Waals surface area contributed by atoms with E-state index in [-0.39, 0.29) is 5.41 Å². The Morgan fingerprint density at radius 2 is 2.11 bits per heavy atom. The number of esters is 2. The highest BCUT2D eigenvalue weighted by atomic mass is 16.6. The van der Waals surface area contributed by atoms with E-state index in [9.17, 15) is 9.59 Å². The fraction of sp³-hybridized carbons (Fsp3) is 0.375. The van der Waals surface area contributed by atoms with Crippen LogP contribution in [0.25, 0.3) is 0 Å². The average molecular weight is 254 g/mol. The summed E-state index contributed by atoms with van der Waals surface area (Å²) in [5, 5.41) is 0. The minimum absolute atomic E-state index is 0.0420. The molecule has 0 radical (unpaired) electrons. The molecule has 4 rings (SSSR count). The maximum Gasteiger partial charge on any atom is 0.347 e. The summed E-state index contributed by atoms with van der Waals surface area (Å²) in [5.41, 5.74) is 3.22. The molecule has 3 nitrogen and oxygen atoms in total. The molecule has 0 spiro atoms. The molecule has 2 aliphatic carbocycles. The molecule has 2 atom stereocenters. The lowest BCUT2D eigenvalue weighted by molar-refractivity contribution is 0.0443. The van der Waals surface area contributed by atoms with E-state index in [2.05, 4.69) is 13.0 Å². The summed E-state index contributed by atoms with van der Waals surface area (Å²) in [6.07, 6.45) is 5.63. The Labute approximate surface area is 111 Å². The third kappa shape index (κ3) is 1.23. The van der Waals surface area contributed by atoms with Crippen LogP contribution < -0.4 is 0 Å². The standard InChI is InChI=1S/C16H14O3/c1-9-7-10-5-6-16(9,8-10)12-4-2-3-11-13(12)15(18)19-14(11)17/h2-4,7,10H,5-6,8H2,1H3. The van der Waals surface area contributed by atoms with Gasteiger partial charge in [-0.1, -0.05) is 23.8 Å². The van der Waals surface area contributed by atoms with Crippen molar-refractivity contribution >= 4 is 11.9 Å². The number of hydrogen-bond acceptors (Lipinski definition) is 3. The molecular weight excluding hydrogens is 240 g/mol. The highest BCUT2D eigenvalue weighted by molar-refractivity contribution is 6.15. The van der Waals surface area contributed by atoms with Crippen molar-refractivity contribution in [3.05, 3.63) is 46.5 Å². The number of allylic oxidation sites excluding steroid dienone is 2. The lowest BCUT2D eigenvalue weighted by Crippen LogP contribution is -2.24. The molecule has 3 aliphatic rings. The second-order valence-electron chi connectivity index (χ2n) is 5.84. The number of rotatable bonds is 1. The van der Waals surface area contributed by atoms with Crippen LogP contribution in [0.4, 0.5) is 0 Å². The fourth-order valence-electron chi connectivity index (χ4n) is 4.09. The highest BCUT2D eigenvalue weighted by Crippen LogP contribution is 2.56. The smallest absolute Gasteiger partial charge is 0.347 e. The van der Waals surface area contributed by atoms with Gasteiger partial charge in [-0.25, -0.2) is 9.59 Å². The van der Waals surface area contributed by atoms with E-state index in [1.807, 2.05) is 12.1 Å². The van der Waals surface area contributed by atoms with Gasteiger partial charge in [-0.3, -0.25) is 0 Å². The second kappa shape index (κ2) is 3.35.